The lowest BCUT2D eigenvalue weighted by molar-refractivity contribution is -0.0373. The molecule has 0 fully saturated rings. The van der Waals surface area contributed by atoms with Gasteiger partial charge in [0.25, 0.3) is 5.92 Å². The highest BCUT2D eigenvalue weighted by Crippen LogP contribution is 2.27. The topological polar surface area (TPSA) is 70.1 Å². The van der Waals surface area contributed by atoms with E-state index in [1.807, 2.05) is 12.3 Å². The molecule has 110 valence electrons. The van der Waals surface area contributed by atoms with Crippen LogP contribution in [0.25, 0.3) is 10.2 Å². The molecule has 0 amide bonds. The molecule has 0 saturated heterocycles. The van der Waals surface area contributed by atoms with Gasteiger partial charge in [-0.15, -0.1) is 11.3 Å². The molecule has 0 spiro atoms. The number of nitrogens with one attached hydrogen (secondary N) is 2. The Hall–Kier alpha value is -1.54. The summed E-state index contributed by atoms with van der Waals surface area (Å²) in [6.45, 7) is 0.859. The van der Waals surface area contributed by atoms with Crippen molar-refractivity contribution in [2.24, 2.45) is 0 Å². The molecule has 0 atom stereocenters. The van der Waals surface area contributed by atoms with Gasteiger partial charge in [-0.25, -0.2) is 13.8 Å². The van der Waals surface area contributed by atoms with E-state index in [1.54, 1.807) is 6.07 Å². The Bertz CT molecular complexity index is 576. The standard InChI is InChI=1S/C12H16F2N4OS/c1-2-4-15-11-17-9(16-6-12(13,14)7-19)8-3-5-20-10(8)18-11/h3,5,19H,2,4,6-7H2,1H3,(H2,15,16,17,18). The molecule has 2 rings (SSSR count). The van der Waals surface area contributed by atoms with Crippen LogP contribution in [0.2, 0.25) is 0 Å². The molecular weight excluding hydrogens is 286 g/mol. The molecule has 0 radical (unpaired) electrons. The molecule has 0 aliphatic carbocycles. The SMILES string of the molecule is CCCNc1nc(NCC(F)(F)CO)c2ccsc2n1. The second-order valence-corrected chi connectivity index (χ2v) is 5.22. The fraction of sp³-hybridized carbons (Fsp3) is 0.500. The van der Waals surface area contributed by atoms with Crippen LogP contribution in [0.1, 0.15) is 13.3 Å². The van der Waals surface area contributed by atoms with Gasteiger partial charge in [0.2, 0.25) is 5.95 Å². The summed E-state index contributed by atoms with van der Waals surface area (Å²) < 4.78 is 26.2. The smallest absolute Gasteiger partial charge is 0.287 e. The van der Waals surface area contributed by atoms with E-state index in [9.17, 15) is 8.78 Å². The average Bonchev–Trinajstić information content (AvgIpc) is 2.91. The third kappa shape index (κ3) is 3.51. The number of hydrogen-bond donors (Lipinski definition) is 3. The number of fused-ring (bicyclic) bond motifs is 1. The summed E-state index contributed by atoms with van der Waals surface area (Å²) in [4.78, 5) is 9.25. The maximum absolute atomic E-state index is 13.1. The number of aliphatic hydroxyl groups excluding tert-OH is 1. The lowest BCUT2D eigenvalue weighted by Gasteiger charge is -2.15. The number of anilines is 2. The fourth-order valence-electron chi connectivity index (χ4n) is 1.57. The first-order valence-corrected chi connectivity index (χ1v) is 7.15. The van der Waals surface area contributed by atoms with Crippen molar-refractivity contribution in [2.75, 3.05) is 30.3 Å². The summed E-state index contributed by atoms with van der Waals surface area (Å²) in [6, 6.07) is 1.78. The highest BCUT2D eigenvalue weighted by molar-refractivity contribution is 7.16. The Morgan fingerprint density at radius 1 is 1.35 bits per heavy atom. The summed E-state index contributed by atoms with van der Waals surface area (Å²) in [5.74, 6) is -2.41. The number of rotatable bonds is 7. The summed E-state index contributed by atoms with van der Waals surface area (Å²) in [7, 11) is 0. The van der Waals surface area contributed by atoms with Gasteiger partial charge in [-0.3, -0.25) is 0 Å². The van der Waals surface area contributed by atoms with Crippen LogP contribution < -0.4 is 10.6 Å². The quantitative estimate of drug-likeness (QED) is 0.733. The summed E-state index contributed by atoms with van der Waals surface area (Å²) in [5.41, 5.74) is 0. The van der Waals surface area contributed by atoms with Gasteiger partial charge in [-0.05, 0) is 17.9 Å². The monoisotopic (exact) mass is 302 g/mol. The second-order valence-electron chi connectivity index (χ2n) is 4.33. The van der Waals surface area contributed by atoms with E-state index in [2.05, 4.69) is 20.6 Å². The van der Waals surface area contributed by atoms with Gasteiger partial charge in [0, 0.05) is 6.54 Å². The molecule has 0 bridgehead atoms. The summed E-state index contributed by atoms with van der Waals surface area (Å²) >= 11 is 1.42. The molecule has 20 heavy (non-hydrogen) atoms. The van der Waals surface area contributed by atoms with Crippen molar-refractivity contribution in [1.29, 1.82) is 0 Å². The number of nitrogens with zero attached hydrogens (tertiary/aromatic N) is 2. The normalized spacial score (nSPS) is 11.8. The molecule has 2 heterocycles. The third-order valence-electron chi connectivity index (χ3n) is 2.60. The van der Waals surface area contributed by atoms with E-state index >= 15 is 0 Å². The van der Waals surface area contributed by atoms with E-state index in [1.165, 1.54) is 11.3 Å². The number of alkyl halides is 2. The van der Waals surface area contributed by atoms with Crippen LogP contribution in [-0.2, 0) is 0 Å². The maximum Gasteiger partial charge on any atom is 0.287 e. The van der Waals surface area contributed by atoms with Crippen LogP contribution in [0.15, 0.2) is 11.4 Å². The average molecular weight is 302 g/mol. The number of halogens is 2. The van der Waals surface area contributed by atoms with Crippen LogP contribution >= 0.6 is 11.3 Å². The fourth-order valence-corrected chi connectivity index (χ4v) is 2.34. The van der Waals surface area contributed by atoms with E-state index in [0.717, 1.165) is 11.3 Å². The van der Waals surface area contributed by atoms with Crippen LogP contribution in [0.3, 0.4) is 0 Å². The van der Waals surface area contributed by atoms with Gasteiger partial charge in [0.15, 0.2) is 0 Å². The first-order valence-electron chi connectivity index (χ1n) is 6.27. The summed E-state index contributed by atoms with van der Waals surface area (Å²) in [6.07, 6.45) is 0.914. The highest BCUT2D eigenvalue weighted by Gasteiger charge is 2.27. The third-order valence-corrected chi connectivity index (χ3v) is 3.41. The molecule has 5 nitrogen and oxygen atoms in total. The van der Waals surface area contributed by atoms with Gasteiger partial charge >= 0.3 is 0 Å². The number of hydrogen-bond acceptors (Lipinski definition) is 6. The predicted octanol–water partition coefficient (Wildman–Crippen LogP) is 2.55. The molecule has 0 aliphatic heterocycles. The molecule has 0 saturated carbocycles. The lowest BCUT2D eigenvalue weighted by atomic mass is 10.3. The highest BCUT2D eigenvalue weighted by atomic mass is 32.1. The zero-order chi connectivity index (χ0) is 14.6. The van der Waals surface area contributed by atoms with E-state index in [-0.39, 0.29) is 0 Å². The molecule has 0 aromatic carbocycles. The van der Waals surface area contributed by atoms with Crippen molar-refractivity contribution in [3.63, 3.8) is 0 Å². The van der Waals surface area contributed by atoms with Gasteiger partial charge in [0.05, 0.1) is 11.9 Å². The van der Waals surface area contributed by atoms with E-state index in [4.69, 9.17) is 5.11 Å². The Morgan fingerprint density at radius 3 is 2.85 bits per heavy atom. The first kappa shape index (κ1) is 14.9. The minimum absolute atomic E-state index is 0.350. The molecular formula is C12H16F2N4OS. The largest absolute Gasteiger partial charge is 0.390 e. The second kappa shape index (κ2) is 6.27. The van der Waals surface area contributed by atoms with Crippen LogP contribution in [0, 0.1) is 0 Å². The van der Waals surface area contributed by atoms with E-state index in [0.29, 0.717) is 23.7 Å². The van der Waals surface area contributed by atoms with Crippen molar-refractivity contribution < 1.29 is 13.9 Å². The van der Waals surface area contributed by atoms with E-state index < -0.39 is 19.1 Å². The van der Waals surface area contributed by atoms with Crippen molar-refractivity contribution in [3.05, 3.63) is 11.4 Å². The molecule has 0 unspecified atom stereocenters. The van der Waals surface area contributed by atoms with Crippen LogP contribution in [0.4, 0.5) is 20.5 Å². The van der Waals surface area contributed by atoms with Gasteiger partial charge in [-0.2, -0.15) is 4.98 Å². The Balaban J connectivity index is 2.23. The first-order chi connectivity index (χ1) is 9.55. The van der Waals surface area contributed by atoms with Crippen molar-refractivity contribution in [3.8, 4) is 0 Å². The molecule has 3 N–H and O–H groups in total. The summed E-state index contributed by atoms with van der Waals surface area (Å²) in [5, 5.41) is 16.7. The Kier molecular flexibility index (Phi) is 4.66. The maximum atomic E-state index is 13.1. The zero-order valence-electron chi connectivity index (χ0n) is 11.0. The minimum atomic E-state index is -3.18. The van der Waals surface area contributed by atoms with Gasteiger partial charge in [0.1, 0.15) is 17.3 Å². The number of thiophene rings is 1. The Labute approximate surface area is 119 Å². The van der Waals surface area contributed by atoms with Gasteiger partial charge < -0.3 is 15.7 Å². The zero-order valence-corrected chi connectivity index (χ0v) is 11.8. The minimum Gasteiger partial charge on any atom is -0.390 e. The van der Waals surface area contributed by atoms with Crippen LogP contribution in [0.5, 0.6) is 0 Å². The Morgan fingerprint density at radius 2 is 2.15 bits per heavy atom. The molecule has 2 aromatic rings. The molecule has 0 aliphatic rings. The lowest BCUT2D eigenvalue weighted by Crippen LogP contribution is -2.31. The molecule has 8 heteroatoms. The van der Waals surface area contributed by atoms with Crippen LogP contribution in [-0.4, -0.2) is 40.7 Å². The van der Waals surface area contributed by atoms with Crippen molar-refractivity contribution >= 4 is 33.3 Å². The number of aliphatic hydroxyl groups is 1. The van der Waals surface area contributed by atoms with Crippen molar-refractivity contribution in [2.45, 2.75) is 19.3 Å². The molecule has 2 aromatic heterocycles. The van der Waals surface area contributed by atoms with Crippen molar-refractivity contribution in [1.82, 2.24) is 9.97 Å². The van der Waals surface area contributed by atoms with Gasteiger partial charge in [-0.1, -0.05) is 6.92 Å². The number of aromatic nitrogens is 2. The predicted molar refractivity (Wildman–Crippen MR) is 76.7 cm³/mol.